The van der Waals surface area contributed by atoms with E-state index in [9.17, 15) is 0 Å². The van der Waals surface area contributed by atoms with Gasteiger partial charge in [0.15, 0.2) is 5.96 Å². The van der Waals surface area contributed by atoms with E-state index in [1.54, 1.807) is 0 Å². The first-order chi connectivity index (χ1) is 10.6. The Kier molecular flexibility index (Phi) is 9.36. The fourth-order valence-electron chi connectivity index (χ4n) is 2.73. The normalized spacial score (nSPS) is 18.4. The summed E-state index contributed by atoms with van der Waals surface area (Å²) in [4.78, 5) is 6.72. The zero-order chi connectivity index (χ0) is 15.8. The summed E-state index contributed by atoms with van der Waals surface area (Å²) in [5.41, 5.74) is 7.33. The Morgan fingerprint density at radius 1 is 1.30 bits per heavy atom. The summed E-state index contributed by atoms with van der Waals surface area (Å²) < 4.78 is 5.71. The molecule has 1 fully saturated rings. The number of hydrogen-bond acceptors (Lipinski definition) is 2. The van der Waals surface area contributed by atoms with Gasteiger partial charge in [0, 0.05) is 19.6 Å². The fourth-order valence-corrected chi connectivity index (χ4v) is 2.73. The predicted octanol–water partition coefficient (Wildman–Crippen LogP) is 3.82. The van der Waals surface area contributed by atoms with Crippen molar-refractivity contribution in [3.05, 3.63) is 29.8 Å². The van der Waals surface area contributed by atoms with Crippen LogP contribution in [0.3, 0.4) is 0 Å². The van der Waals surface area contributed by atoms with Crippen molar-refractivity contribution in [3.8, 4) is 5.75 Å². The molecular weight excluding hydrogens is 401 g/mol. The third kappa shape index (κ3) is 7.42. The van der Waals surface area contributed by atoms with E-state index in [4.69, 9.17) is 10.5 Å². The number of piperidine rings is 1. The van der Waals surface area contributed by atoms with E-state index in [1.165, 1.54) is 18.4 Å². The van der Waals surface area contributed by atoms with Crippen LogP contribution in [0.2, 0.25) is 0 Å². The molecule has 23 heavy (non-hydrogen) atoms. The van der Waals surface area contributed by atoms with Crippen LogP contribution in [0.25, 0.3) is 0 Å². The number of hydrogen-bond donors (Lipinski definition) is 1. The summed E-state index contributed by atoms with van der Waals surface area (Å²) in [6.45, 7) is 7.98. The van der Waals surface area contributed by atoms with Gasteiger partial charge in [0.2, 0.25) is 0 Å². The van der Waals surface area contributed by atoms with Crippen LogP contribution in [-0.2, 0) is 0 Å². The highest BCUT2D eigenvalue weighted by atomic mass is 127. The molecule has 1 saturated heterocycles. The highest BCUT2D eigenvalue weighted by Crippen LogP contribution is 2.15. The number of aryl methyl sites for hydroxylation is 1. The van der Waals surface area contributed by atoms with Crippen LogP contribution in [-0.4, -0.2) is 37.1 Å². The number of nitrogens with zero attached hydrogens (tertiary/aromatic N) is 2. The first-order valence-corrected chi connectivity index (χ1v) is 8.39. The second-order valence-corrected chi connectivity index (χ2v) is 6.30. The van der Waals surface area contributed by atoms with Crippen molar-refractivity contribution < 1.29 is 4.74 Å². The van der Waals surface area contributed by atoms with Crippen LogP contribution >= 0.6 is 24.0 Å². The number of halogens is 1. The van der Waals surface area contributed by atoms with Crippen molar-refractivity contribution in [3.63, 3.8) is 0 Å². The maximum Gasteiger partial charge on any atom is 0.191 e. The summed E-state index contributed by atoms with van der Waals surface area (Å²) in [6.07, 6.45) is 4.54. The SMILES string of the molecule is Cc1ccc(OCCCCN=C(N)N2CCCC(C)C2)cc1.I. The van der Waals surface area contributed by atoms with Gasteiger partial charge in [-0.25, -0.2) is 0 Å². The lowest BCUT2D eigenvalue weighted by Crippen LogP contribution is -2.43. The molecule has 4 nitrogen and oxygen atoms in total. The Labute approximate surface area is 157 Å². The number of benzene rings is 1. The predicted molar refractivity (Wildman–Crippen MR) is 108 cm³/mol. The molecule has 1 unspecified atom stereocenters. The Morgan fingerprint density at radius 3 is 2.74 bits per heavy atom. The molecule has 2 rings (SSSR count). The van der Waals surface area contributed by atoms with Crippen molar-refractivity contribution in [1.29, 1.82) is 0 Å². The average molecular weight is 431 g/mol. The summed E-state index contributed by atoms with van der Waals surface area (Å²) in [7, 11) is 0. The summed E-state index contributed by atoms with van der Waals surface area (Å²) in [6, 6.07) is 8.17. The first kappa shape index (κ1) is 20.1. The third-order valence-electron chi connectivity index (χ3n) is 4.10. The van der Waals surface area contributed by atoms with Gasteiger partial charge in [-0.3, -0.25) is 4.99 Å². The molecule has 0 amide bonds. The smallest absolute Gasteiger partial charge is 0.191 e. The minimum absolute atomic E-state index is 0. The highest BCUT2D eigenvalue weighted by Gasteiger charge is 2.17. The summed E-state index contributed by atoms with van der Waals surface area (Å²) in [5, 5.41) is 0. The Balaban J connectivity index is 0.00000264. The molecule has 0 aromatic heterocycles. The molecule has 2 N–H and O–H groups in total. The Hall–Kier alpha value is -0.980. The minimum atomic E-state index is 0. The topological polar surface area (TPSA) is 50.9 Å². The molecular formula is C18H30IN3O. The van der Waals surface area contributed by atoms with Gasteiger partial charge in [0.25, 0.3) is 0 Å². The zero-order valence-corrected chi connectivity index (χ0v) is 16.7. The molecule has 0 saturated carbocycles. The summed E-state index contributed by atoms with van der Waals surface area (Å²) >= 11 is 0. The van der Waals surface area contributed by atoms with Crippen LogP contribution in [0.4, 0.5) is 0 Å². The fraction of sp³-hybridized carbons (Fsp3) is 0.611. The van der Waals surface area contributed by atoms with Gasteiger partial charge in [-0.2, -0.15) is 0 Å². The number of ether oxygens (including phenoxy) is 1. The molecule has 1 aliphatic heterocycles. The number of unbranched alkanes of at least 4 members (excludes halogenated alkanes) is 1. The lowest BCUT2D eigenvalue weighted by atomic mass is 10.0. The lowest BCUT2D eigenvalue weighted by Gasteiger charge is -2.31. The summed E-state index contributed by atoms with van der Waals surface area (Å²) in [5.74, 6) is 2.38. The van der Waals surface area contributed by atoms with E-state index in [0.717, 1.165) is 50.8 Å². The third-order valence-corrected chi connectivity index (χ3v) is 4.10. The van der Waals surface area contributed by atoms with Crippen molar-refractivity contribution in [2.45, 2.75) is 39.5 Å². The van der Waals surface area contributed by atoms with E-state index < -0.39 is 0 Å². The number of nitrogens with two attached hydrogens (primary N) is 1. The van der Waals surface area contributed by atoms with Gasteiger partial charge in [0.1, 0.15) is 5.75 Å². The van der Waals surface area contributed by atoms with Gasteiger partial charge in [0.05, 0.1) is 6.61 Å². The molecule has 130 valence electrons. The zero-order valence-electron chi connectivity index (χ0n) is 14.3. The molecule has 0 radical (unpaired) electrons. The number of likely N-dealkylation sites (tertiary alicyclic amines) is 1. The standard InChI is InChI=1S/C18H29N3O.HI/c1-15-7-9-17(10-8-15)22-13-4-3-11-20-18(19)21-12-5-6-16(2)14-21;/h7-10,16H,3-6,11-14H2,1-2H3,(H2,19,20);1H. The van der Waals surface area contributed by atoms with E-state index in [0.29, 0.717) is 5.96 Å². The lowest BCUT2D eigenvalue weighted by molar-refractivity contribution is 0.270. The molecule has 1 atom stereocenters. The molecule has 1 aromatic carbocycles. The highest BCUT2D eigenvalue weighted by molar-refractivity contribution is 14.0. The van der Waals surface area contributed by atoms with Gasteiger partial charge in [-0.15, -0.1) is 24.0 Å². The van der Waals surface area contributed by atoms with Gasteiger partial charge in [-0.1, -0.05) is 24.6 Å². The monoisotopic (exact) mass is 431 g/mol. The molecule has 0 aliphatic carbocycles. The van der Waals surface area contributed by atoms with E-state index >= 15 is 0 Å². The molecule has 1 aromatic rings. The van der Waals surface area contributed by atoms with E-state index in [-0.39, 0.29) is 24.0 Å². The van der Waals surface area contributed by atoms with E-state index in [2.05, 4.69) is 35.9 Å². The quantitative estimate of drug-likeness (QED) is 0.323. The molecule has 1 heterocycles. The van der Waals surface area contributed by atoms with Gasteiger partial charge in [-0.05, 0) is 50.7 Å². The Bertz CT molecular complexity index is 476. The first-order valence-electron chi connectivity index (χ1n) is 8.39. The van der Waals surface area contributed by atoms with Crippen molar-refractivity contribution in [2.24, 2.45) is 16.6 Å². The van der Waals surface area contributed by atoms with Crippen LogP contribution in [0.15, 0.2) is 29.3 Å². The van der Waals surface area contributed by atoms with Gasteiger partial charge < -0.3 is 15.4 Å². The number of guanidine groups is 1. The van der Waals surface area contributed by atoms with Crippen molar-refractivity contribution in [2.75, 3.05) is 26.2 Å². The van der Waals surface area contributed by atoms with Crippen molar-refractivity contribution >= 4 is 29.9 Å². The van der Waals surface area contributed by atoms with Crippen LogP contribution in [0.1, 0.15) is 38.2 Å². The van der Waals surface area contributed by atoms with E-state index in [1.807, 2.05) is 12.1 Å². The molecule has 0 bridgehead atoms. The van der Waals surface area contributed by atoms with Gasteiger partial charge >= 0.3 is 0 Å². The molecule has 0 spiro atoms. The second kappa shape index (κ2) is 10.7. The second-order valence-electron chi connectivity index (χ2n) is 6.30. The maximum absolute atomic E-state index is 6.08. The molecule has 5 heteroatoms. The Morgan fingerprint density at radius 2 is 2.04 bits per heavy atom. The largest absolute Gasteiger partial charge is 0.494 e. The van der Waals surface area contributed by atoms with Crippen LogP contribution in [0, 0.1) is 12.8 Å². The minimum Gasteiger partial charge on any atom is -0.494 e. The maximum atomic E-state index is 6.08. The van der Waals surface area contributed by atoms with Crippen molar-refractivity contribution in [1.82, 2.24) is 4.90 Å². The molecule has 1 aliphatic rings. The number of aliphatic imine (C=N–C) groups is 1. The average Bonchev–Trinajstić information content (AvgIpc) is 2.52. The number of rotatable bonds is 6. The van der Waals surface area contributed by atoms with Crippen LogP contribution < -0.4 is 10.5 Å². The van der Waals surface area contributed by atoms with Crippen LogP contribution in [0.5, 0.6) is 5.75 Å².